The van der Waals surface area contributed by atoms with Gasteiger partial charge in [0.15, 0.2) is 4.34 Å². The molecule has 20 heavy (non-hydrogen) atoms. The van der Waals surface area contributed by atoms with Crippen LogP contribution in [0, 0.1) is 5.82 Å². The molecule has 0 saturated heterocycles. The van der Waals surface area contributed by atoms with Crippen LogP contribution in [0.2, 0.25) is 0 Å². The van der Waals surface area contributed by atoms with Crippen molar-refractivity contribution in [3.8, 4) is 0 Å². The summed E-state index contributed by atoms with van der Waals surface area (Å²) in [5.74, 6) is -1.61. The number of nitrogens with zero attached hydrogens (tertiary/aromatic N) is 2. The summed E-state index contributed by atoms with van der Waals surface area (Å²) in [5.41, 5.74) is 4.93. The van der Waals surface area contributed by atoms with Crippen LogP contribution in [0.15, 0.2) is 28.6 Å². The zero-order chi connectivity index (χ0) is 14.5. The van der Waals surface area contributed by atoms with Gasteiger partial charge in [0.25, 0.3) is 5.91 Å². The van der Waals surface area contributed by atoms with Gasteiger partial charge in [-0.1, -0.05) is 35.2 Å². The average molecular weight is 312 g/mol. The standard InChI is InChI=1S/C11H9FN4O2S2/c12-7-4-2-1-3-6(7)9(18)14-10-15-16-11(20-10)19-5-8(13)17/h1-4H,5H2,(H2,13,17)(H,14,15,18). The first-order chi connectivity index (χ1) is 9.56. The van der Waals surface area contributed by atoms with Crippen LogP contribution in [-0.2, 0) is 4.79 Å². The second-order valence-corrected chi connectivity index (χ2v) is 5.76. The number of anilines is 1. The van der Waals surface area contributed by atoms with Crippen molar-refractivity contribution in [3.63, 3.8) is 0 Å². The summed E-state index contributed by atoms with van der Waals surface area (Å²) in [7, 11) is 0. The van der Waals surface area contributed by atoms with Gasteiger partial charge in [0, 0.05) is 0 Å². The molecule has 0 spiro atoms. The largest absolute Gasteiger partial charge is 0.369 e. The Morgan fingerprint density at radius 3 is 2.80 bits per heavy atom. The number of hydrogen-bond donors (Lipinski definition) is 2. The van der Waals surface area contributed by atoms with Gasteiger partial charge in [-0.25, -0.2) is 4.39 Å². The summed E-state index contributed by atoms with van der Waals surface area (Å²) in [6.45, 7) is 0. The molecule has 2 rings (SSSR count). The van der Waals surface area contributed by atoms with E-state index in [1.54, 1.807) is 6.07 Å². The first-order valence-corrected chi connectivity index (χ1v) is 7.17. The highest BCUT2D eigenvalue weighted by molar-refractivity contribution is 8.01. The Morgan fingerprint density at radius 2 is 2.10 bits per heavy atom. The third-order valence-corrected chi connectivity index (χ3v) is 4.08. The minimum Gasteiger partial charge on any atom is -0.369 e. The number of rotatable bonds is 5. The Labute approximate surface area is 121 Å². The van der Waals surface area contributed by atoms with Gasteiger partial charge in [-0.15, -0.1) is 10.2 Å². The Bertz CT molecular complexity index is 647. The number of aromatic nitrogens is 2. The third kappa shape index (κ3) is 3.75. The molecule has 6 nitrogen and oxygen atoms in total. The van der Waals surface area contributed by atoms with E-state index in [1.165, 1.54) is 18.2 Å². The summed E-state index contributed by atoms with van der Waals surface area (Å²) < 4.78 is 13.9. The van der Waals surface area contributed by atoms with E-state index in [4.69, 9.17) is 5.73 Å². The van der Waals surface area contributed by atoms with Crippen molar-refractivity contribution in [1.29, 1.82) is 0 Å². The molecule has 0 aliphatic carbocycles. The number of amides is 2. The van der Waals surface area contributed by atoms with Gasteiger partial charge in [-0.05, 0) is 12.1 Å². The second kappa shape index (κ2) is 6.44. The predicted octanol–water partition coefficient (Wildman–Crippen LogP) is 1.51. The number of nitrogens with two attached hydrogens (primary N) is 1. The summed E-state index contributed by atoms with van der Waals surface area (Å²) in [5, 5.41) is 10.2. The lowest BCUT2D eigenvalue weighted by molar-refractivity contribution is -0.115. The summed E-state index contributed by atoms with van der Waals surface area (Å²) >= 11 is 2.20. The zero-order valence-corrected chi connectivity index (χ0v) is 11.6. The molecule has 9 heteroatoms. The fourth-order valence-corrected chi connectivity index (χ4v) is 2.75. The number of benzene rings is 1. The van der Waals surface area contributed by atoms with Crippen molar-refractivity contribution in [2.75, 3.05) is 11.1 Å². The van der Waals surface area contributed by atoms with Gasteiger partial charge in [0.1, 0.15) is 5.82 Å². The van der Waals surface area contributed by atoms with Crippen LogP contribution in [0.25, 0.3) is 0 Å². The van der Waals surface area contributed by atoms with Crippen molar-refractivity contribution >= 4 is 40.0 Å². The molecule has 2 aromatic rings. The molecule has 0 aliphatic heterocycles. The number of halogens is 1. The minimum absolute atomic E-state index is 0.0750. The van der Waals surface area contributed by atoms with Gasteiger partial charge < -0.3 is 5.73 Å². The van der Waals surface area contributed by atoms with Gasteiger partial charge in [0.05, 0.1) is 11.3 Å². The van der Waals surface area contributed by atoms with Crippen LogP contribution in [0.1, 0.15) is 10.4 Å². The molecule has 3 N–H and O–H groups in total. The van der Waals surface area contributed by atoms with Gasteiger partial charge in [0.2, 0.25) is 11.0 Å². The number of hydrogen-bond acceptors (Lipinski definition) is 6. The van der Waals surface area contributed by atoms with Crippen LogP contribution in [0.5, 0.6) is 0 Å². The van der Waals surface area contributed by atoms with Crippen molar-refractivity contribution < 1.29 is 14.0 Å². The maximum absolute atomic E-state index is 13.4. The molecule has 0 aliphatic rings. The molecule has 1 aromatic heterocycles. The van der Waals surface area contributed by atoms with Crippen molar-refractivity contribution in [3.05, 3.63) is 35.6 Å². The lowest BCUT2D eigenvalue weighted by atomic mass is 10.2. The Balaban J connectivity index is 2.02. The molecule has 0 atom stereocenters. The Morgan fingerprint density at radius 1 is 1.35 bits per heavy atom. The van der Waals surface area contributed by atoms with Gasteiger partial charge in [-0.3, -0.25) is 14.9 Å². The summed E-state index contributed by atoms with van der Waals surface area (Å²) in [6, 6.07) is 5.62. The minimum atomic E-state index is -0.613. The molecule has 0 fully saturated rings. The van der Waals surface area contributed by atoms with E-state index >= 15 is 0 Å². The number of thioether (sulfide) groups is 1. The van der Waals surface area contributed by atoms with E-state index in [1.807, 2.05) is 0 Å². The van der Waals surface area contributed by atoms with E-state index < -0.39 is 17.6 Å². The molecule has 0 radical (unpaired) electrons. The molecule has 0 bridgehead atoms. The first kappa shape index (κ1) is 14.4. The van der Waals surface area contributed by atoms with E-state index in [0.717, 1.165) is 23.1 Å². The van der Waals surface area contributed by atoms with Gasteiger partial charge in [-0.2, -0.15) is 0 Å². The smallest absolute Gasteiger partial charge is 0.260 e. The highest BCUT2D eigenvalue weighted by Crippen LogP contribution is 2.25. The summed E-state index contributed by atoms with van der Waals surface area (Å²) in [4.78, 5) is 22.4. The molecule has 1 heterocycles. The quantitative estimate of drug-likeness (QED) is 0.644. The average Bonchev–Trinajstić information content (AvgIpc) is 2.84. The van der Waals surface area contributed by atoms with E-state index in [-0.39, 0.29) is 16.4 Å². The fourth-order valence-electron chi connectivity index (χ4n) is 1.26. The SMILES string of the molecule is NC(=O)CSc1nnc(NC(=O)c2ccccc2F)s1. The Kier molecular flexibility index (Phi) is 4.64. The zero-order valence-electron chi connectivity index (χ0n) is 10.00. The maximum atomic E-state index is 13.4. The van der Waals surface area contributed by atoms with Crippen LogP contribution in [0.4, 0.5) is 9.52 Å². The van der Waals surface area contributed by atoms with Crippen LogP contribution in [0.3, 0.4) is 0 Å². The van der Waals surface area contributed by atoms with E-state index in [9.17, 15) is 14.0 Å². The molecular weight excluding hydrogens is 303 g/mol. The first-order valence-electron chi connectivity index (χ1n) is 5.37. The number of primary amides is 1. The van der Waals surface area contributed by atoms with Crippen molar-refractivity contribution in [1.82, 2.24) is 10.2 Å². The van der Waals surface area contributed by atoms with Gasteiger partial charge >= 0.3 is 0 Å². The fraction of sp³-hybridized carbons (Fsp3) is 0.0909. The monoisotopic (exact) mass is 312 g/mol. The number of carbonyl (C=O) groups excluding carboxylic acids is 2. The topological polar surface area (TPSA) is 98.0 Å². The molecule has 104 valence electrons. The molecule has 2 amide bonds. The Hall–Kier alpha value is -2.00. The lowest BCUT2D eigenvalue weighted by Gasteiger charge is -2.01. The maximum Gasteiger partial charge on any atom is 0.260 e. The second-order valence-electron chi connectivity index (χ2n) is 3.56. The van der Waals surface area contributed by atoms with Crippen LogP contribution < -0.4 is 11.1 Å². The highest BCUT2D eigenvalue weighted by Gasteiger charge is 2.14. The third-order valence-electron chi connectivity index (χ3n) is 2.08. The molecule has 0 unspecified atom stereocenters. The molecule has 1 aromatic carbocycles. The van der Waals surface area contributed by atoms with E-state index in [0.29, 0.717) is 4.34 Å². The molecular formula is C11H9FN4O2S2. The normalized spacial score (nSPS) is 10.2. The van der Waals surface area contributed by atoms with Crippen molar-refractivity contribution in [2.45, 2.75) is 4.34 Å². The van der Waals surface area contributed by atoms with Crippen molar-refractivity contribution in [2.24, 2.45) is 5.73 Å². The number of carbonyl (C=O) groups is 2. The highest BCUT2D eigenvalue weighted by atomic mass is 32.2. The van der Waals surface area contributed by atoms with E-state index in [2.05, 4.69) is 15.5 Å². The summed E-state index contributed by atoms with van der Waals surface area (Å²) in [6.07, 6.45) is 0. The number of nitrogens with one attached hydrogen (secondary N) is 1. The van der Waals surface area contributed by atoms with Crippen LogP contribution in [-0.4, -0.2) is 27.8 Å². The predicted molar refractivity (Wildman–Crippen MR) is 74.2 cm³/mol. The van der Waals surface area contributed by atoms with Crippen LogP contribution >= 0.6 is 23.1 Å². The molecule has 0 saturated carbocycles. The lowest BCUT2D eigenvalue weighted by Crippen LogP contribution is -2.13.